The third-order valence-corrected chi connectivity index (χ3v) is 1.30. The number of hydrogen-bond donors (Lipinski definition) is 1. The van der Waals surface area contributed by atoms with Crippen molar-refractivity contribution in [2.45, 2.75) is 6.54 Å². The van der Waals surface area contributed by atoms with Crippen LogP contribution in [0.15, 0.2) is 24.7 Å². The molecule has 0 aliphatic carbocycles. The Balaban J connectivity index is 2.84. The Labute approximate surface area is 67.9 Å². The van der Waals surface area contributed by atoms with E-state index in [4.69, 9.17) is 5.11 Å². The molecule has 0 saturated carbocycles. The molecule has 0 bridgehead atoms. The van der Waals surface area contributed by atoms with Crippen LogP contribution in [-0.4, -0.2) is 20.9 Å². The number of allylic oxidation sites excluding steroid dienone is 1. The zero-order chi connectivity index (χ0) is 8.97. The van der Waals surface area contributed by atoms with Gasteiger partial charge in [-0.05, 0) is 12.1 Å². The van der Waals surface area contributed by atoms with Crippen LogP contribution in [0.3, 0.4) is 0 Å². The van der Waals surface area contributed by atoms with Gasteiger partial charge in [-0.15, -0.1) is 0 Å². The van der Waals surface area contributed by atoms with Gasteiger partial charge in [-0.25, -0.2) is 9.18 Å². The van der Waals surface area contributed by atoms with Gasteiger partial charge in [0.15, 0.2) is 0 Å². The van der Waals surface area contributed by atoms with Gasteiger partial charge in [-0.3, -0.25) is 4.68 Å². The molecule has 1 heterocycles. The topological polar surface area (TPSA) is 55.1 Å². The van der Waals surface area contributed by atoms with Gasteiger partial charge in [0.25, 0.3) is 0 Å². The Morgan fingerprint density at radius 1 is 1.83 bits per heavy atom. The summed E-state index contributed by atoms with van der Waals surface area (Å²) in [6.07, 6.45) is 2.89. The quantitative estimate of drug-likeness (QED) is 0.738. The summed E-state index contributed by atoms with van der Waals surface area (Å²) < 4.78 is 12.7. The fourth-order valence-electron chi connectivity index (χ4n) is 0.800. The predicted octanol–water partition coefficient (Wildman–Crippen LogP) is 1.06. The van der Waals surface area contributed by atoms with E-state index in [9.17, 15) is 9.18 Å². The number of hydrogen-bond acceptors (Lipinski definition) is 2. The van der Waals surface area contributed by atoms with E-state index in [0.29, 0.717) is 6.33 Å². The monoisotopic (exact) mass is 170 g/mol. The molecule has 0 spiro atoms. The second-order valence-corrected chi connectivity index (χ2v) is 2.07. The van der Waals surface area contributed by atoms with Crippen LogP contribution in [0, 0.1) is 0 Å². The third-order valence-electron chi connectivity index (χ3n) is 1.30. The van der Waals surface area contributed by atoms with E-state index in [1.54, 1.807) is 0 Å². The van der Waals surface area contributed by atoms with Gasteiger partial charge < -0.3 is 5.11 Å². The lowest BCUT2D eigenvalue weighted by Gasteiger charge is -1.97. The van der Waals surface area contributed by atoms with E-state index in [1.807, 2.05) is 0 Å². The molecule has 4 nitrogen and oxygen atoms in total. The Morgan fingerprint density at radius 3 is 3.17 bits per heavy atom. The first-order valence-electron chi connectivity index (χ1n) is 3.26. The van der Waals surface area contributed by atoms with Gasteiger partial charge in [-0.1, -0.05) is 0 Å². The fraction of sp³-hybridized carbons (Fsp3) is 0.143. The van der Waals surface area contributed by atoms with Crippen LogP contribution < -0.4 is 0 Å². The summed E-state index contributed by atoms with van der Waals surface area (Å²) in [6, 6.07) is 1.36. The highest BCUT2D eigenvalue weighted by molar-refractivity contribution is 5.85. The Morgan fingerprint density at radius 2 is 2.58 bits per heavy atom. The maximum atomic E-state index is 11.5. The number of rotatable bonds is 3. The molecule has 0 saturated heterocycles. The van der Waals surface area contributed by atoms with E-state index in [0.717, 1.165) is 0 Å². The molecule has 0 radical (unpaired) electrons. The lowest BCUT2D eigenvalue weighted by atomic mass is 10.4. The summed E-state index contributed by atoms with van der Waals surface area (Å²) in [5, 5.41) is 12.3. The molecule has 12 heavy (non-hydrogen) atoms. The highest BCUT2D eigenvalue weighted by Crippen LogP contribution is 1.98. The minimum atomic E-state index is -1.07. The van der Waals surface area contributed by atoms with Crippen molar-refractivity contribution in [3.8, 4) is 0 Å². The molecule has 1 rings (SSSR count). The maximum absolute atomic E-state index is 11.5. The lowest BCUT2D eigenvalue weighted by Crippen LogP contribution is -2.08. The van der Waals surface area contributed by atoms with Gasteiger partial charge in [0.05, 0.1) is 12.9 Å². The first-order chi connectivity index (χ1) is 5.75. The van der Waals surface area contributed by atoms with Crippen molar-refractivity contribution in [3.63, 3.8) is 0 Å². The van der Waals surface area contributed by atoms with Crippen LogP contribution in [0.4, 0.5) is 4.39 Å². The SMILES string of the molecule is O=C(O)c1ccnn1C/C=C/F. The lowest BCUT2D eigenvalue weighted by molar-refractivity contribution is 0.0684. The van der Waals surface area contributed by atoms with E-state index < -0.39 is 5.97 Å². The smallest absolute Gasteiger partial charge is 0.354 e. The van der Waals surface area contributed by atoms with Crippen molar-refractivity contribution < 1.29 is 14.3 Å². The van der Waals surface area contributed by atoms with Gasteiger partial charge in [0, 0.05) is 6.20 Å². The molecular formula is C7H7FN2O2. The number of carboxylic acids is 1. The van der Waals surface area contributed by atoms with Crippen molar-refractivity contribution in [1.82, 2.24) is 9.78 Å². The molecular weight excluding hydrogens is 163 g/mol. The molecule has 0 unspecified atom stereocenters. The average molecular weight is 170 g/mol. The molecule has 0 amide bonds. The standard InChI is InChI=1S/C7H7FN2O2/c8-3-1-5-10-6(7(11)12)2-4-9-10/h1-4H,5H2,(H,11,12)/b3-1+. The summed E-state index contributed by atoms with van der Waals surface area (Å²) in [6.45, 7) is 0.130. The zero-order valence-electron chi connectivity index (χ0n) is 6.14. The number of carboxylic acid groups (broad SMARTS) is 1. The molecule has 0 aromatic carbocycles. The fourth-order valence-corrected chi connectivity index (χ4v) is 0.800. The molecule has 0 aliphatic heterocycles. The normalized spacial score (nSPS) is 10.8. The van der Waals surface area contributed by atoms with Crippen molar-refractivity contribution in [1.29, 1.82) is 0 Å². The van der Waals surface area contributed by atoms with Crippen LogP contribution in [0.2, 0.25) is 0 Å². The summed E-state index contributed by atoms with van der Waals surface area (Å²) >= 11 is 0. The maximum Gasteiger partial charge on any atom is 0.354 e. The van der Waals surface area contributed by atoms with Crippen LogP contribution >= 0.6 is 0 Å². The van der Waals surface area contributed by atoms with E-state index in [2.05, 4.69) is 5.10 Å². The van der Waals surface area contributed by atoms with Gasteiger partial charge in [-0.2, -0.15) is 5.10 Å². The minimum absolute atomic E-state index is 0.0492. The molecule has 1 aromatic rings. The highest BCUT2D eigenvalue weighted by Gasteiger charge is 2.07. The van der Waals surface area contributed by atoms with E-state index in [-0.39, 0.29) is 12.2 Å². The number of carbonyl (C=O) groups is 1. The molecule has 1 N–H and O–H groups in total. The van der Waals surface area contributed by atoms with Crippen molar-refractivity contribution in [2.24, 2.45) is 0 Å². The Kier molecular flexibility index (Phi) is 2.57. The molecule has 0 aliphatic rings. The molecule has 64 valence electrons. The largest absolute Gasteiger partial charge is 0.477 e. The first-order valence-corrected chi connectivity index (χ1v) is 3.26. The summed E-state index contributed by atoms with van der Waals surface area (Å²) in [5.41, 5.74) is 0.0492. The number of nitrogens with zero attached hydrogens (tertiary/aromatic N) is 2. The summed E-state index contributed by atoms with van der Waals surface area (Å²) in [7, 11) is 0. The van der Waals surface area contributed by atoms with Gasteiger partial charge >= 0.3 is 5.97 Å². The van der Waals surface area contributed by atoms with Crippen LogP contribution in [0.1, 0.15) is 10.5 Å². The second-order valence-electron chi connectivity index (χ2n) is 2.07. The van der Waals surface area contributed by atoms with Gasteiger partial charge in [0.1, 0.15) is 5.69 Å². The first kappa shape index (κ1) is 8.45. The van der Waals surface area contributed by atoms with E-state index in [1.165, 1.54) is 23.0 Å². The molecule has 5 heteroatoms. The number of aromatic carboxylic acids is 1. The highest BCUT2D eigenvalue weighted by atomic mass is 19.1. The van der Waals surface area contributed by atoms with Crippen molar-refractivity contribution in [2.75, 3.05) is 0 Å². The Hall–Kier alpha value is -1.65. The van der Waals surface area contributed by atoms with Crippen molar-refractivity contribution >= 4 is 5.97 Å². The zero-order valence-corrected chi connectivity index (χ0v) is 6.14. The van der Waals surface area contributed by atoms with Crippen molar-refractivity contribution in [3.05, 3.63) is 30.4 Å². The average Bonchev–Trinajstić information content (AvgIpc) is 2.48. The summed E-state index contributed by atoms with van der Waals surface area (Å²) in [4.78, 5) is 10.5. The predicted molar refractivity (Wildman–Crippen MR) is 39.4 cm³/mol. The second kappa shape index (κ2) is 3.66. The molecule has 1 aromatic heterocycles. The van der Waals surface area contributed by atoms with Crippen LogP contribution in [-0.2, 0) is 6.54 Å². The van der Waals surface area contributed by atoms with Gasteiger partial charge in [0.2, 0.25) is 0 Å². The number of halogens is 1. The van der Waals surface area contributed by atoms with Crippen LogP contribution in [0.5, 0.6) is 0 Å². The molecule has 0 atom stereocenters. The minimum Gasteiger partial charge on any atom is -0.477 e. The molecule has 0 fully saturated rings. The summed E-state index contributed by atoms with van der Waals surface area (Å²) in [5.74, 6) is -1.07. The van der Waals surface area contributed by atoms with E-state index >= 15 is 0 Å². The van der Waals surface area contributed by atoms with Crippen LogP contribution in [0.25, 0.3) is 0 Å². The number of aromatic nitrogens is 2. The third kappa shape index (κ3) is 1.69. The Bertz CT molecular complexity index is 306.